The second-order valence-electron chi connectivity index (χ2n) is 15.4. The van der Waals surface area contributed by atoms with E-state index in [1.165, 1.54) is 98.2 Å². The molecule has 1 heteroatoms. The normalized spacial score (nSPS) is 14.7. The van der Waals surface area contributed by atoms with Crippen LogP contribution in [0, 0.1) is 14.9 Å². The maximum atomic E-state index is 2.55. The molecule has 7 rings (SSSR count). The van der Waals surface area contributed by atoms with Crippen molar-refractivity contribution in [1.29, 1.82) is 0 Å². The summed E-state index contributed by atoms with van der Waals surface area (Å²) >= 11 is 0. The molecule has 0 atom stereocenters. The molecule has 0 aliphatic heterocycles. The summed E-state index contributed by atoms with van der Waals surface area (Å²) < 4.78 is 0. The van der Waals surface area contributed by atoms with Gasteiger partial charge in [0.1, 0.15) is 0 Å². The molecule has 6 aromatic carbocycles. The van der Waals surface area contributed by atoms with Crippen molar-refractivity contribution in [3.8, 4) is 22.3 Å². The van der Waals surface area contributed by atoms with Gasteiger partial charge in [-0.15, -0.1) is 69.1 Å². The maximum absolute atomic E-state index is 2.55. The van der Waals surface area contributed by atoms with Crippen molar-refractivity contribution in [2.75, 3.05) is 0 Å². The summed E-state index contributed by atoms with van der Waals surface area (Å²) in [4.78, 5) is 0. The van der Waals surface area contributed by atoms with E-state index in [4.69, 9.17) is 0 Å². The molecular weight excluding hydrogens is 731 g/mol. The molecule has 0 nitrogen and oxygen atoms in total. The first-order valence-corrected chi connectivity index (χ1v) is 16.6. The van der Waals surface area contributed by atoms with Gasteiger partial charge in [-0.2, -0.15) is 12.1 Å². The molecule has 6 aromatic rings. The second-order valence-corrected chi connectivity index (χ2v) is 15.4. The number of fused-ring (bicyclic) bond motifs is 2. The van der Waals surface area contributed by atoms with Crippen LogP contribution in [0.15, 0.2) is 109 Å². The van der Waals surface area contributed by atoms with Crippen LogP contribution in [-0.2, 0) is 42.1 Å². The molecule has 1 aliphatic carbocycles. The zero-order valence-electron chi connectivity index (χ0n) is 29.9. The van der Waals surface area contributed by atoms with Gasteiger partial charge in [-0.3, -0.25) is 0 Å². The number of benzene rings is 4. The largest absolute Gasteiger partial charge is 4.00 e. The van der Waals surface area contributed by atoms with Crippen LogP contribution in [0.25, 0.3) is 43.8 Å². The van der Waals surface area contributed by atoms with Crippen LogP contribution in [0.1, 0.15) is 95.9 Å². The molecule has 0 unspecified atom stereocenters. The fraction of sp³-hybridized carbons (Fsp3) is 0.304. The molecule has 47 heavy (non-hydrogen) atoms. The van der Waals surface area contributed by atoms with Crippen molar-refractivity contribution >= 4 is 21.5 Å². The van der Waals surface area contributed by atoms with E-state index in [0.29, 0.717) is 0 Å². The molecular formula is C46H52Hf. The van der Waals surface area contributed by atoms with Gasteiger partial charge in [0.15, 0.2) is 0 Å². The summed E-state index contributed by atoms with van der Waals surface area (Å²) in [5.74, 6) is 0. The summed E-state index contributed by atoms with van der Waals surface area (Å²) in [6, 6.07) is 42.2. The fourth-order valence-electron chi connectivity index (χ4n) is 7.73. The second kappa shape index (κ2) is 13.8. The van der Waals surface area contributed by atoms with Gasteiger partial charge in [0.2, 0.25) is 0 Å². The molecule has 1 aliphatic rings. The molecule has 1 saturated carbocycles. The Morgan fingerprint density at radius 2 is 0.915 bits per heavy atom. The summed E-state index contributed by atoms with van der Waals surface area (Å²) in [6.07, 6.45) is 6.32. The molecule has 0 radical (unpaired) electrons. The van der Waals surface area contributed by atoms with Gasteiger partial charge in [0.25, 0.3) is 0 Å². The van der Waals surface area contributed by atoms with Gasteiger partial charge in [0.05, 0.1) is 0 Å². The first kappa shape index (κ1) is 36.8. The van der Waals surface area contributed by atoms with Crippen LogP contribution in [0.2, 0.25) is 0 Å². The smallest absolute Gasteiger partial charge is 0.358 e. The van der Waals surface area contributed by atoms with Crippen molar-refractivity contribution in [1.82, 2.24) is 0 Å². The summed E-state index contributed by atoms with van der Waals surface area (Å²) in [5, 5.41) is 5.49. The SMILES string of the molecule is CC(C)(C)c1cccc(-c2cccc3[cH-]c(C4(c5cc6c(-c7cccc(C(C)(C)C)c7)cccc6[cH-]5)CCCCC4)cc23)c1.[CH3-].[CH3-].[Hf+4]. The molecule has 0 heterocycles. The van der Waals surface area contributed by atoms with E-state index in [1.807, 2.05) is 0 Å². The Morgan fingerprint density at radius 1 is 0.511 bits per heavy atom. The van der Waals surface area contributed by atoms with Crippen LogP contribution in [0.3, 0.4) is 0 Å². The summed E-state index contributed by atoms with van der Waals surface area (Å²) in [7, 11) is 0. The topological polar surface area (TPSA) is 0 Å². The molecule has 0 aromatic heterocycles. The Hall–Kier alpha value is -3.03. The standard InChI is InChI=1S/C44H46.2CH3.Hf/c1-42(2,3)34-18-10-14-30(24-34)38-20-12-16-32-26-36(28-40(32)38)44(22-8-7-9-23-44)37-27-33-17-13-21-39(41(33)29-37)31-15-11-19-35(25-31)43(4,5)6;;;/h10-21,24-29H,7-9,22-23H2,1-6H3;2*1H3;/q-2;2*-1;+4. The zero-order chi connectivity index (χ0) is 30.7. The van der Waals surface area contributed by atoms with Gasteiger partial charge in [0, 0.05) is 0 Å². The Labute approximate surface area is 304 Å². The predicted molar refractivity (Wildman–Crippen MR) is 204 cm³/mol. The Morgan fingerprint density at radius 3 is 1.32 bits per heavy atom. The molecule has 0 bridgehead atoms. The molecule has 0 amide bonds. The maximum Gasteiger partial charge on any atom is 4.00 e. The first-order valence-electron chi connectivity index (χ1n) is 16.6. The van der Waals surface area contributed by atoms with Gasteiger partial charge in [-0.05, 0) is 51.3 Å². The molecule has 0 saturated heterocycles. The number of hydrogen-bond donors (Lipinski definition) is 0. The molecule has 0 spiro atoms. The van der Waals surface area contributed by atoms with Crippen molar-refractivity contribution in [2.45, 2.75) is 89.9 Å². The quantitative estimate of drug-likeness (QED) is 0.123. The van der Waals surface area contributed by atoms with Gasteiger partial charge in [-0.25, -0.2) is 0 Å². The Balaban J connectivity index is 0.00000167. The van der Waals surface area contributed by atoms with Crippen LogP contribution in [0.5, 0.6) is 0 Å². The van der Waals surface area contributed by atoms with E-state index in [1.54, 1.807) is 0 Å². The summed E-state index contributed by atoms with van der Waals surface area (Å²) in [5.41, 5.74) is 11.4. The average molecular weight is 783 g/mol. The Kier molecular flexibility index (Phi) is 10.8. The van der Waals surface area contributed by atoms with Crippen molar-refractivity contribution in [2.24, 2.45) is 0 Å². The Bertz CT molecular complexity index is 1820. The van der Waals surface area contributed by atoms with Crippen LogP contribution in [-0.4, -0.2) is 0 Å². The van der Waals surface area contributed by atoms with Gasteiger partial charge >= 0.3 is 25.8 Å². The monoisotopic (exact) mass is 784 g/mol. The summed E-state index contributed by atoms with van der Waals surface area (Å²) in [6.45, 7) is 13.8. The minimum absolute atomic E-state index is 0. The van der Waals surface area contributed by atoms with E-state index in [2.05, 4.69) is 151 Å². The van der Waals surface area contributed by atoms with E-state index >= 15 is 0 Å². The van der Waals surface area contributed by atoms with Gasteiger partial charge in [-0.1, -0.05) is 133 Å². The first-order chi connectivity index (χ1) is 21.0. The zero-order valence-corrected chi connectivity index (χ0v) is 33.5. The number of rotatable bonds is 4. The third-order valence-electron chi connectivity index (χ3n) is 10.4. The van der Waals surface area contributed by atoms with Crippen LogP contribution >= 0.6 is 0 Å². The fourth-order valence-corrected chi connectivity index (χ4v) is 7.73. The minimum Gasteiger partial charge on any atom is -0.358 e. The van der Waals surface area contributed by atoms with Crippen molar-refractivity contribution in [3.63, 3.8) is 0 Å². The van der Waals surface area contributed by atoms with E-state index in [9.17, 15) is 0 Å². The molecule has 0 N–H and O–H groups in total. The third kappa shape index (κ3) is 6.80. The molecule has 240 valence electrons. The van der Waals surface area contributed by atoms with Crippen LogP contribution < -0.4 is 0 Å². The average Bonchev–Trinajstić information content (AvgIpc) is 3.66. The minimum atomic E-state index is 0. The third-order valence-corrected chi connectivity index (χ3v) is 10.4. The molecule has 1 fully saturated rings. The van der Waals surface area contributed by atoms with Crippen molar-refractivity contribution < 1.29 is 25.8 Å². The van der Waals surface area contributed by atoms with Gasteiger partial charge < -0.3 is 14.9 Å². The number of hydrogen-bond acceptors (Lipinski definition) is 0. The van der Waals surface area contributed by atoms with Crippen molar-refractivity contribution in [3.05, 3.63) is 146 Å². The van der Waals surface area contributed by atoms with E-state index < -0.39 is 0 Å². The van der Waals surface area contributed by atoms with E-state index in [0.717, 1.165) is 0 Å². The van der Waals surface area contributed by atoms with E-state index in [-0.39, 0.29) is 56.9 Å². The predicted octanol–water partition coefficient (Wildman–Crippen LogP) is 13.5. The van der Waals surface area contributed by atoms with Crippen LogP contribution in [0.4, 0.5) is 0 Å².